The lowest BCUT2D eigenvalue weighted by atomic mass is 9.99. The summed E-state index contributed by atoms with van der Waals surface area (Å²) in [6, 6.07) is 3.60. The molecule has 1 aliphatic rings. The molecule has 0 amide bonds. The molecule has 82 valence electrons. The summed E-state index contributed by atoms with van der Waals surface area (Å²) in [5, 5.41) is 3.92. The van der Waals surface area contributed by atoms with E-state index in [0.29, 0.717) is 16.8 Å². The first-order valence-electron chi connectivity index (χ1n) is 5.30. The molecule has 0 bridgehead atoms. The zero-order valence-corrected chi connectivity index (χ0v) is 9.33. The minimum Gasteiger partial charge on any atom is -0.476 e. The number of hydrogen-bond donors (Lipinski definition) is 1. The van der Waals surface area contributed by atoms with Crippen molar-refractivity contribution in [2.75, 3.05) is 19.7 Å². The van der Waals surface area contributed by atoms with Crippen molar-refractivity contribution >= 4 is 11.6 Å². The van der Waals surface area contributed by atoms with E-state index in [1.165, 1.54) is 12.8 Å². The predicted octanol–water partition coefficient (Wildman–Crippen LogP) is 2.11. The second-order valence-corrected chi connectivity index (χ2v) is 4.20. The van der Waals surface area contributed by atoms with Crippen LogP contribution in [0.3, 0.4) is 0 Å². The average molecular weight is 227 g/mol. The molecule has 1 fully saturated rings. The highest BCUT2D eigenvalue weighted by Gasteiger charge is 2.14. The van der Waals surface area contributed by atoms with Crippen molar-refractivity contribution in [1.82, 2.24) is 10.3 Å². The van der Waals surface area contributed by atoms with E-state index in [4.69, 9.17) is 16.3 Å². The molecular formula is C11H15ClN2O. The summed E-state index contributed by atoms with van der Waals surface area (Å²) >= 11 is 5.94. The molecule has 2 heterocycles. The van der Waals surface area contributed by atoms with Crippen molar-refractivity contribution in [1.29, 1.82) is 0 Å². The molecule has 4 heteroatoms. The number of hydrogen-bond acceptors (Lipinski definition) is 3. The van der Waals surface area contributed by atoms with Gasteiger partial charge in [0.25, 0.3) is 0 Å². The third kappa shape index (κ3) is 3.08. The minimum absolute atomic E-state index is 0.553. The molecule has 0 aliphatic carbocycles. The number of halogens is 1. The monoisotopic (exact) mass is 226 g/mol. The van der Waals surface area contributed by atoms with Crippen LogP contribution in [-0.4, -0.2) is 24.7 Å². The third-order valence-electron chi connectivity index (χ3n) is 2.64. The third-order valence-corrected chi connectivity index (χ3v) is 2.93. The van der Waals surface area contributed by atoms with Gasteiger partial charge in [0.2, 0.25) is 5.88 Å². The van der Waals surface area contributed by atoms with Gasteiger partial charge in [-0.15, -0.1) is 0 Å². The van der Waals surface area contributed by atoms with Gasteiger partial charge in [0, 0.05) is 6.20 Å². The van der Waals surface area contributed by atoms with Crippen LogP contribution < -0.4 is 10.1 Å². The largest absolute Gasteiger partial charge is 0.476 e. The summed E-state index contributed by atoms with van der Waals surface area (Å²) in [4.78, 5) is 4.09. The Balaban J connectivity index is 1.84. The van der Waals surface area contributed by atoms with Gasteiger partial charge in [-0.25, -0.2) is 4.98 Å². The van der Waals surface area contributed by atoms with Gasteiger partial charge in [-0.3, -0.25) is 0 Å². The predicted molar refractivity (Wildman–Crippen MR) is 60.3 cm³/mol. The number of nitrogens with one attached hydrogen (secondary N) is 1. The van der Waals surface area contributed by atoms with Crippen LogP contribution in [0.2, 0.25) is 5.02 Å². The molecule has 1 aromatic heterocycles. The Hall–Kier alpha value is -0.800. The van der Waals surface area contributed by atoms with Gasteiger partial charge in [-0.05, 0) is 44.0 Å². The van der Waals surface area contributed by atoms with Crippen molar-refractivity contribution < 1.29 is 4.74 Å². The summed E-state index contributed by atoms with van der Waals surface area (Å²) < 4.78 is 5.61. The molecule has 0 unspecified atom stereocenters. The van der Waals surface area contributed by atoms with Gasteiger partial charge < -0.3 is 10.1 Å². The van der Waals surface area contributed by atoms with Gasteiger partial charge in [0.05, 0.1) is 6.61 Å². The minimum atomic E-state index is 0.553. The molecule has 1 N–H and O–H groups in total. The first-order chi connectivity index (χ1) is 7.36. The summed E-state index contributed by atoms with van der Waals surface area (Å²) in [5.74, 6) is 1.18. The number of pyridine rings is 1. The first-order valence-corrected chi connectivity index (χ1v) is 5.68. The van der Waals surface area contributed by atoms with E-state index in [0.717, 1.165) is 19.7 Å². The van der Waals surface area contributed by atoms with E-state index in [-0.39, 0.29) is 0 Å². The molecule has 1 saturated heterocycles. The highest BCUT2D eigenvalue weighted by Crippen LogP contribution is 2.21. The quantitative estimate of drug-likeness (QED) is 0.857. The Bertz CT molecular complexity index is 313. The van der Waals surface area contributed by atoms with E-state index in [1.54, 1.807) is 18.3 Å². The lowest BCUT2D eigenvalue weighted by Gasteiger charge is -2.22. The second-order valence-electron chi connectivity index (χ2n) is 3.79. The summed E-state index contributed by atoms with van der Waals surface area (Å²) in [6.07, 6.45) is 4.04. The Morgan fingerprint density at radius 1 is 1.47 bits per heavy atom. The molecular weight excluding hydrogens is 212 g/mol. The smallest absolute Gasteiger partial charge is 0.232 e. The number of aromatic nitrogens is 1. The van der Waals surface area contributed by atoms with E-state index in [9.17, 15) is 0 Å². The molecule has 1 aromatic rings. The summed E-state index contributed by atoms with van der Waals surface area (Å²) in [6.45, 7) is 2.90. The molecule has 0 atom stereocenters. The lowest BCUT2D eigenvalue weighted by Crippen LogP contribution is -2.30. The van der Waals surface area contributed by atoms with Crippen LogP contribution >= 0.6 is 11.6 Å². The van der Waals surface area contributed by atoms with Crippen LogP contribution in [0.4, 0.5) is 0 Å². The summed E-state index contributed by atoms with van der Waals surface area (Å²) in [7, 11) is 0. The van der Waals surface area contributed by atoms with Crippen molar-refractivity contribution in [3.05, 3.63) is 23.4 Å². The fourth-order valence-corrected chi connectivity index (χ4v) is 1.90. The highest BCUT2D eigenvalue weighted by atomic mass is 35.5. The zero-order valence-electron chi connectivity index (χ0n) is 8.58. The second kappa shape index (κ2) is 5.33. The number of rotatable bonds is 3. The van der Waals surface area contributed by atoms with E-state index in [1.807, 2.05) is 0 Å². The lowest BCUT2D eigenvalue weighted by molar-refractivity contribution is 0.209. The van der Waals surface area contributed by atoms with Gasteiger partial charge in [-0.1, -0.05) is 11.6 Å². The molecule has 15 heavy (non-hydrogen) atoms. The van der Waals surface area contributed by atoms with Gasteiger partial charge in [0.1, 0.15) is 5.02 Å². The molecule has 1 aliphatic heterocycles. The topological polar surface area (TPSA) is 34.1 Å². The normalized spacial score (nSPS) is 17.7. The van der Waals surface area contributed by atoms with Crippen LogP contribution in [0, 0.1) is 5.92 Å². The Kier molecular flexibility index (Phi) is 3.80. The average Bonchev–Trinajstić information content (AvgIpc) is 2.29. The standard InChI is InChI=1S/C11H15ClN2O/c12-10-2-1-5-14-11(10)15-8-9-3-6-13-7-4-9/h1-2,5,9,13H,3-4,6-8H2. The van der Waals surface area contributed by atoms with E-state index in [2.05, 4.69) is 10.3 Å². The molecule has 0 spiro atoms. The van der Waals surface area contributed by atoms with Crippen LogP contribution in [0.25, 0.3) is 0 Å². The maximum atomic E-state index is 5.94. The summed E-state index contributed by atoms with van der Waals surface area (Å²) in [5.41, 5.74) is 0. The maximum Gasteiger partial charge on any atom is 0.232 e. The Morgan fingerprint density at radius 3 is 3.00 bits per heavy atom. The molecule has 3 nitrogen and oxygen atoms in total. The SMILES string of the molecule is Clc1cccnc1OCC1CCNCC1. The molecule has 0 radical (unpaired) electrons. The van der Waals surface area contributed by atoms with Crippen molar-refractivity contribution in [3.8, 4) is 5.88 Å². The van der Waals surface area contributed by atoms with Gasteiger partial charge >= 0.3 is 0 Å². The van der Waals surface area contributed by atoms with E-state index < -0.39 is 0 Å². The zero-order chi connectivity index (χ0) is 10.5. The first kappa shape index (κ1) is 10.7. The van der Waals surface area contributed by atoms with Crippen LogP contribution in [0.1, 0.15) is 12.8 Å². The van der Waals surface area contributed by atoms with E-state index >= 15 is 0 Å². The fraction of sp³-hybridized carbons (Fsp3) is 0.545. The van der Waals surface area contributed by atoms with Gasteiger partial charge in [-0.2, -0.15) is 0 Å². The van der Waals surface area contributed by atoms with Crippen LogP contribution in [-0.2, 0) is 0 Å². The molecule has 0 aromatic carbocycles. The number of piperidine rings is 1. The van der Waals surface area contributed by atoms with Crippen LogP contribution in [0.5, 0.6) is 5.88 Å². The highest BCUT2D eigenvalue weighted by molar-refractivity contribution is 6.31. The number of ether oxygens (including phenoxy) is 1. The van der Waals surface area contributed by atoms with Crippen molar-refractivity contribution in [3.63, 3.8) is 0 Å². The van der Waals surface area contributed by atoms with Crippen molar-refractivity contribution in [2.45, 2.75) is 12.8 Å². The van der Waals surface area contributed by atoms with Crippen molar-refractivity contribution in [2.24, 2.45) is 5.92 Å². The maximum absolute atomic E-state index is 5.94. The molecule has 2 rings (SSSR count). The Labute approximate surface area is 94.8 Å². The Morgan fingerprint density at radius 2 is 2.27 bits per heavy atom. The van der Waals surface area contributed by atoms with Crippen LogP contribution in [0.15, 0.2) is 18.3 Å². The fourth-order valence-electron chi connectivity index (χ4n) is 1.72. The van der Waals surface area contributed by atoms with Gasteiger partial charge in [0.15, 0.2) is 0 Å². The molecule has 0 saturated carbocycles. The number of nitrogens with zero attached hydrogens (tertiary/aromatic N) is 1.